The topological polar surface area (TPSA) is 38.4 Å². The number of nitrogen functional groups attached to an aromatic ring is 1. The highest BCUT2D eigenvalue weighted by Crippen LogP contribution is 2.31. The van der Waals surface area contributed by atoms with Gasteiger partial charge < -0.3 is 5.73 Å². The molecule has 1 aliphatic heterocycles. The second-order valence-corrected chi connectivity index (χ2v) is 3.53. The lowest BCUT2D eigenvalue weighted by Crippen LogP contribution is -2.21. The van der Waals surface area contributed by atoms with Gasteiger partial charge in [0, 0.05) is 18.3 Å². The Hall–Kier alpha value is -1.78. The number of nitrogens with two attached hydrogens (primary N) is 1. The van der Waals surface area contributed by atoms with E-state index < -0.39 is 11.9 Å². The number of allylic oxidation sites excluding steroid dienone is 1. The van der Waals surface area contributed by atoms with Crippen molar-refractivity contribution < 1.29 is 13.2 Å². The predicted molar refractivity (Wildman–Crippen MR) is 56.9 cm³/mol. The second kappa shape index (κ2) is 3.66. The van der Waals surface area contributed by atoms with Crippen molar-refractivity contribution in [2.45, 2.75) is 12.6 Å². The van der Waals surface area contributed by atoms with Crippen LogP contribution in [0, 0.1) is 0 Å². The monoisotopic (exact) mass is 226 g/mol. The predicted octanol–water partition coefficient (Wildman–Crippen LogP) is 3.02. The molecule has 0 saturated heterocycles. The van der Waals surface area contributed by atoms with Crippen LogP contribution >= 0.6 is 0 Å². The van der Waals surface area contributed by atoms with E-state index in [4.69, 9.17) is 5.73 Å². The van der Waals surface area contributed by atoms with Crippen LogP contribution < -0.4 is 5.73 Å². The Balaban J connectivity index is 2.15. The standard InChI is InChI=1S/C11H9F3N2/c12-11(13,14)10-5-8(6-16-10)7-1-3-9(15)4-2-7/h1-4,6H,5,15H2. The Labute approximate surface area is 90.3 Å². The fraction of sp³-hybridized carbons (Fsp3) is 0.182. The third kappa shape index (κ3) is 2.08. The van der Waals surface area contributed by atoms with Gasteiger partial charge in [-0.15, -0.1) is 0 Å². The summed E-state index contributed by atoms with van der Waals surface area (Å²) in [4.78, 5) is 3.39. The van der Waals surface area contributed by atoms with E-state index in [1.165, 1.54) is 6.20 Å². The molecule has 0 unspecified atom stereocenters. The molecule has 2 rings (SSSR count). The summed E-state index contributed by atoms with van der Waals surface area (Å²) in [5.41, 5.74) is 6.61. The maximum Gasteiger partial charge on any atom is 0.429 e. The summed E-state index contributed by atoms with van der Waals surface area (Å²) >= 11 is 0. The molecule has 0 aromatic heterocycles. The van der Waals surface area contributed by atoms with E-state index in [-0.39, 0.29) is 6.42 Å². The normalized spacial score (nSPS) is 15.9. The number of halogens is 3. The first-order chi connectivity index (χ1) is 7.47. The summed E-state index contributed by atoms with van der Waals surface area (Å²) in [6, 6.07) is 6.69. The average Bonchev–Trinajstić information content (AvgIpc) is 2.67. The van der Waals surface area contributed by atoms with Gasteiger partial charge in [0.15, 0.2) is 0 Å². The van der Waals surface area contributed by atoms with Gasteiger partial charge in [-0.25, -0.2) is 0 Å². The highest BCUT2D eigenvalue weighted by Gasteiger charge is 2.37. The van der Waals surface area contributed by atoms with Gasteiger partial charge in [0.2, 0.25) is 0 Å². The van der Waals surface area contributed by atoms with Crippen molar-refractivity contribution in [3.05, 3.63) is 36.0 Å². The SMILES string of the molecule is Nc1ccc(C2=CN=C(C(F)(F)F)C2)cc1. The number of nitrogens with zero attached hydrogens (tertiary/aromatic N) is 1. The van der Waals surface area contributed by atoms with Gasteiger partial charge in [0.05, 0.1) is 0 Å². The Morgan fingerprint density at radius 3 is 2.25 bits per heavy atom. The lowest BCUT2D eigenvalue weighted by atomic mass is 10.0. The Kier molecular flexibility index (Phi) is 2.46. The van der Waals surface area contributed by atoms with Gasteiger partial charge in [0.25, 0.3) is 0 Å². The minimum absolute atomic E-state index is 0.173. The van der Waals surface area contributed by atoms with Crippen LogP contribution in [0.5, 0.6) is 0 Å². The van der Waals surface area contributed by atoms with E-state index in [1.807, 2.05) is 0 Å². The van der Waals surface area contributed by atoms with Crippen molar-refractivity contribution in [2.24, 2.45) is 4.99 Å². The number of anilines is 1. The van der Waals surface area contributed by atoms with Crippen molar-refractivity contribution in [3.8, 4) is 0 Å². The number of alkyl halides is 3. The second-order valence-electron chi connectivity index (χ2n) is 3.53. The van der Waals surface area contributed by atoms with Gasteiger partial charge in [-0.2, -0.15) is 13.2 Å². The summed E-state index contributed by atoms with van der Waals surface area (Å²) in [6.07, 6.45) is -3.26. The zero-order valence-electron chi connectivity index (χ0n) is 8.25. The molecule has 0 radical (unpaired) electrons. The molecular formula is C11H9F3N2. The number of hydrogen-bond donors (Lipinski definition) is 1. The van der Waals surface area contributed by atoms with E-state index in [9.17, 15) is 13.2 Å². The van der Waals surface area contributed by atoms with Crippen LogP contribution in [0.2, 0.25) is 0 Å². The molecule has 0 atom stereocenters. The fourth-order valence-electron chi connectivity index (χ4n) is 1.47. The van der Waals surface area contributed by atoms with Crippen LogP contribution in [0.25, 0.3) is 5.57 Å². The van der Waals surface area contributed by atoms with Crippen LogP contribution in [-0.2, 0) is 0 Å². The zero-order chi connectivity index (χ0) is 11.8. The van der Waals surface area contributed by atoms with Gasteiger partial charge in [0.1, 0.15) is 5.71 Å². The molecule has 5 heteroatoms. The van der Waals surface area contributed by atoms with Crippen LogP contribution in [0.3, 0.4) is 0 Å². The molecular weight excluding hydrogens is 217 g/mol. The van der Waals surface area contributed by atoms with Crippen LogP contribution in [0.1, 0.15) is 12.0 Å². The first-order valence-corrected chi connectivity index (χ1v) is 4.65. The average molecular weight is 226 g/mol. The fourth-order valence-corrected chi connectivity index (χ4v) is 1.47. The highest BCUT2D eigenvalue weighted by atomic mass is 19.4. The largest absolute Gasteiger partial charge is 0.429 e. The first kappa shape index (κ1) is 10.7. The Morgan fingerprint density at radius 1 is 1.12 bits per heavy atom. The molecule has 0 fully saturated rings. The van der Waals surface area contributed by atoms with Crippen molar-refractivity contribution in [3.63, 3.8) is 0 Å². The molecule has 2 N–H and O–H groups in total. The van der Waals surface area contributed by atoms with Gasteiger partial charge in [-0.05, 0) is 23.3 Å². The Bertz CT molecular complexity index is 455. The smallest absolute Gasteiger partial charge is 0.399 e. The number of benzene rings is 1. The molecule has 1 heterocycles. The number of hydrogen-bond acceptors (Lipinski definition) is 2. The van der Waals surface area contributed by atoms with Crippen molar-refractivity contribution in [1.82, 2.24) is 0 Å². The molecule has 0 spiro atoms. The maximum absolute atomic E-state index is 12.3. The van der Waals surface area contributed by atoms with E-state index in [0.29, 0.717) is 11.3 Å². The molecule has 1 aromatic carbocycles. The van der Waals surface area contributed by atoms with Gasteiger partial charge >= 0.3 is 6.18 Å². The third-order valence-electron chi connectivity index (χ3n) is 2.34. The van der Waals surface area contributed by atoms with E-state index in [0.717, 1.165) is 5.56 Å². The van der Waals surface area contributed by atoms with Crippen molar-refractivity contribution in [1.29, 1.82) is 0 Å². The van der Waals surface area contributed by atoms with Crippen molar-refractivity contribution in [2.75, 3.05) is 5.73 Å². The molecule has 16 heavy (non-hydrogen) atoms. The quantitative estimate of drug-likeness (QED) is 0.734. The van der Waals surface area contributed by atoms with Crippen LogP contribution in [0.15, 0.2) is 35.5 Å². The van der Waals surface area contributed by atoms with Crippen LogP contribution in [0.4, 0.5) is 18.9 Å². The molecule has 0 aliphatic carbocycles. The van der Waals surface area contributed by atoms with E-state index >= 15 is 0 Å². The lowest BCUT2D eigenvalue weighted by molar-refractivity contribution is -0.0596. The van der Waals surface area contributed by atoms with E-state index in [2.05, 4.69) is 4.99 Å². The maximum atomic E-state index is 12.3. The molecule has 0 amide bonds. The summed E-state index contributed by atoms with van der Waals surface area (Å²) in [5.74, 6) is 0. The van der Waals surface area contributed by atoms with Crippen LogP contribution in [-0.4, -0.2) is 11.9 Å². The molecule has 1 aromatic rings. The Morgan fingerprint density at radius 2 is 1.75 bits per heavy atom. The molecule has 0 bridgehead atoms. The van der Waals surface area contributed by atoms with Gasteiger partial charge in [-0.1, -0.05) is 12.1 Å². The molecule has 84 valence electrons. The summed E-state index contributed by atoms with van der Waals surface area (Å²) in [6.45, 7) is 0. The van der Waals surface area contributed by atoms with E-state index in [1.54, 1.807) is 24.3 Å². The third-order valence-corrected chi connectivity index (χ3v) is 2.34. The minimum Gasteiger partial charge on any atom is -0.399 e. The molecule has 0 saturated carbocycles. The van der Waals surface area contributed by atoms with Crippen molar-refractivity contribution >= 4 is 17.0 Å². The zero-order valence-corrected chi connectivity index (χ0v) is 8.25. The summed E-state index contributed by atoms with van der Waals surface area (Å²) in [7, 11) is 0. The number of aliphatic imine (C=N–C) groups is 1. The number of rotatable bonds is 1. The minimum atomic E-state index is -4.34. The highest BCUT2D eigenvalue weighted by molar-refractivity contribution is 6.01. The van der Waals surface area contributed by atoms with Gasteiger partial charge in [-0.3, -0.25) is 4.99 Å². The molecule has 2 nitrogen and oxygen atoms in total. The summed E-state index contributed by atoms with van der Waals surface area (Å²) < 4.78 is 37.0. The summed E-state index contributed by atoms with van der Waals surface area (Å²) in [5, 5.41) is 0. The first-order valence-electron chi connectivity index (χ1n) is 4.65. The lowest BCUT2D eigenvalue weighted by Gasteiger charge is -2.07. The molecule has 1 aliphatic rings.